The number of pyridine rings is 1. The van der Waals surface area contributed by atoms with Crippen molar-refractivity contribution in [3.05, 3.63) is 42.2 Å². The van der Waals surface area contributed by atoms with Gasteiger partial charge in [-0.25, -0.2) is 9.78 Å². The van der Waals surface area contributed by atoms with Gasteiger partial charge in [0, 0.05) is 12.5 Å². The van der Waals surface area contributed by atoms with E-state index in [1.54, 1.807) is 30.0 Å². The Morgan fingerprint density at radius 2 is 2.32 bits per heavy atom. The Balaban J connectivity index is 2.08. The highest BCUT2D eigenvalue weighted by atomic mass is 16.5. The lowest BCUT2D eigenvalue weighted by Gasteiger charge is -2.16. The fourth-order valence-electron chi connectivity index (χ4n) is 2.78. The number of ether oxygens (including phenoxy) is 1. The summed E-state index contributed by atoms with van der Waals surface area (Å²) in [6.07, 6.45) is 2.50. The molecule has 1 saturated heterocycles. The zero-order valence-corrected chi connectivity index (χ0v) is 13.1. The molecule has 0 aliphatic carbocycles. The summed E-state index contributed by atoms with van der Waals surface area (Å²) in [5.74, 6) is 0.00946. The van der Waals surface area contributed by atoms with Crippen molar-refractivity contribution in [2.24, 2.45) is 11.8 Å². The van der Waals surface area contributed by atoms with E-state index in [-0.39, 0.29) is 17.5 Å². The molecule has 0 N–H and O–H groups in total. The van der Waals surface area contributed by atoms with Gasteiger partial charge in [-0.15, -0.1) is 6.58 Å². The van der Waals surface area contributed by atoms with Crippen molar-refractivity contribution in [2.45, 2.75) is 26.8 Å². The molecule has 1 aromatic heterocycles. The molecule has 0 radical (unpaired) electrons. The fraction of sp³-hybridized carbons (Fsp3) is 0.471. The second kappa shape index (κ2) is 7.20. The Morgan fingerprint density at radius 1 is 1.55 bits per heavy atom. The van der Waals surface area contributed by atoms with Gasteiger partial charge in [0.25, 0.3) is 0 Å². The van der Waals surface area contributed by atoms with Crippen molar-refractivity contribution in [2.75, 3.05) is 13.2 Å². The molecule has 0 saturated carbocycles. The van der Waals surface area contributed by atoms with Crippen molar-refractivity contribution in [3.63, 3.8) is 0 Å². The lowest BCUT2D eigenvalue weighted by Crippen LogP contribution is -2.27. The Bertz CT molecular complexity index is 571. The van der Waals surface area contributed by atoms with E-state index >= 15 is 0 Å². The molecule has 2 atom stereocenters. The molecule has 5 nitrogen and oxygen atoms in total. The Hall–Kier alpha value is -2.17. The van der Waals surface area contributed by atoms with Crippen LogP contribution >= 0.6 is 0 Å². The summed E-state index contributed by atoms with van der Waals surface area (Å²) in [7, 11) is 0. The molecular weight excluding hydrogens is 280 g/mol. The second-order valence-electron chi connectivity index (χ2n) is 5.56. The van der Waals surface area contributed by atoms with E-state index in [1.807, 2.05) is 6.07 Å². The van der Waals surface area contributed by atoms with E-state index in [9.17, 15) is 9.59 Å². The van der Waals surface area contributed by atoms with Gasteiger partial charge in [0.1, 0.15) is 5.69 Å². The molecular formula is C17H22N2O3. The van der Waals surface area contributed by atoms with Crippen molar-refractivity contribution in [3.8, 4) is 0 Å². The van der Waals surface area contributed by atoms with Crippen molar-refractivity contribution >= 4 is 11.9 Å². The zero-order valence-electron chi connectivity index (χ0n) is 13.1. The van der Waals surface area contributed by atoms with Crippen LogP contribution in [0.5, 0.6) is 0 Å². The Labute approximate surface area is 131 Å². The molecule has 0 bridgehead atoms. The molecule has 1 aliphatic heterocycles. The fourth-order valence-corrected chi connectivity index (χ4v) is 2.78. The number of aromatic nitrogens is 1. The third kappa shape index (κ3) is 3.53. The molecule has 2 rings (SSSR count). The van der Waals surface area contributed by atoms with E-state index in [2.05, 4.69) is 18.5 Å². The van der Waals surface area contributed by atoms with E-state index in [4.69, 9.17) is 4.74 Å². The summed E-state index contributed by atoms with van der Waals surface area (Å²) in [5, 5.41) is 0. The maximum atomic E-state index is 12.4. The first kappa shape index (κ1) is 16.2. The molecule has 1 aliphatic rings. The summed E-state index contributed by atoms with van der Waals surface area (Å²) in [6, 6.07) is 5.21. The second-order valence-corrected chi connectivity index (χ2v) is 5.56. The molecule has 0 spiro atoms. The minimum atomic E-state index is -0.435. The Kier molecular flexibility index (Phi) is 5.31. The average molecular weight is 302 g/mol. The maximum absolute atomic E-state index is 12.4. The number of carbonyl (C=O) groups is 2. The molecule has 22 heavy (non-hydrogen) atoms. The lowest BCUT2D eigenvalue weighted by atomic mass is 9.94. The van der Waals surface area contributed by atoms with Crippen LogP contribution in [-0.2, 0) is 16.1 Å². The summed E-state index contributed by atoms with van der Waals surface area (Å²) in [5.41, 5.74) is 0.979. The van der Waals surface area contributed by atoms with Crippen LogP contribution in [0, 0.1) is 11.8 Å². The van der Waals surface area contributed by atoms with E-state index in [0.717, 1.165) is 0 Å². The van der Waals surface area contributed by atoms with E-state index in [1.165, 1.54) is 0 Å². The number of allylic oxidation sites excluding steroid dienone is 1. The van der Waals surface area contributed by atoms with Crippen LogP contribution in [0.15, 0.2) is 30.9 Å². The van der Waals surface area contributed by atoms with Crippen molar-refractivity contribution in [1.29, 1.82) is 0 Å². The summed E-state index contributed by atoms with van der Waals surface area (Å²) < 4.78 is 4.95. The predicted molar refractivity (Wildman–Crippen MR) is 83.1 cm³/mol. The molecule has 2 heterocycles. The van der Waals surface area contributed by atoms with Gasteiger partial charge >= 0.3 is 5.97 Å². The quantitative estimate of drug-likeness (QED) is 0.598. The highest BCUT2D eigenvalue weighted by molar-refractivity contribution is 5.87. The normalized spacial score (nSPS) is 21.0. The van der Waals surface area contributed by atoms with Gasteiger partial charge < -0.3 is 9.64 Å². The molecule has 1 aromatic rings. The van der Waals surface area contributed by atoms with Crippen LogP contribution in [0.25, 0.3) is 0 Å². The summed E-state index contributed by atoms with van der Waals surface area (Å²) in [6.45, 7) is 9.00. The predicted octanol–water partition coefficient (Wildman–Crippen LogP) is 2.43. The third-order valence-corrected chi connectivity index (χ3v) is 3.89. The van der Waals surface area contributed by atoms with Crippen LogP contribution < -0.4 is 0 Å². The highest BCUT2D eigenvalue weighted by Crippen LogP contribution is 2.28. The van der Waals surface area contributed by atoms with Crippen molar-refractivity contribution in [1.82, 2.24) is 9.88 Å². The minimum Gasteiger partial charge on any atom is -0.461 e. The summed E-state index contributed by atoms with van der Waals surface area (Å²) in [4.78, 5) is 30.2. The number of carbonyl (C=O) groups excluding carboxylic acids is 2. The number of nitrogens with zero attached hydrogens (tertiary/aromatic N) is 2. The van der Waals surface area contributed by atoms with Gasteiger partial charge in [-0.1, -0.05) is 19.1 Å². The van der Waals surface area contributed by atoms with Crippen LogP contribution in [0.1, 0.15) is 36.5 Å². The summed E-state index contributed by atoms with van der Waals surface area (Å²) >= 11 is 0. The lowest BCUT2D eigenvalue weighted by molar-refractivity contribution is -0.131. The number of esters is 1. The van der Waals surface area contributed by atoms with Crippen LogP contribution in [-0.4, -0.2) is 34.9 Å². The van der Waals surface area contributed by atoms with Crippen LogP contribution in [0.3, 0.4) is 0 Å². The standard InChI is InChI=1S/C17H22N2O3/c1-4-7-14-12(3)10-19(16(14)20)11-13-8-6-9-15(18-13)17(21)22-5-2/h4,6,8-9,12,14H,1,5,7,10-11H2,2-3H3. The smallest absolute Gasteiger partial charge is 0.356 e. The van der Waals surface area contributed by atoms with Gasteiger partial charge in [0.05, 0.1) is 18.8 Å². The zero-order chi connectivity index (χ0) is 16.1. The number of hydrogen-bond donors (Lipinski definition) is 0. The number of rotatable bonds is 6. The molecule has 1 amide bonds. The van der Waals surface area contributed by atoms with E-state index < -0.39 is 5.97 Å². The number of hydrogen-bond acceptors (Lipinski definition) is 4. The first-order valence-electron chi connectivity index (χ1n) is 7.59. The van der Waals surface area contributed by atoms with Gasteiger partial charge in [-0.3, -0.25) is 4.79 Å². The van der Waals surface area contributed by atoms with Crippen LogP contribution in [0.2, 0.25) is 0 Å². The first-order chi connectivity index (χ1) is 10.6. The molecule has 1 fully saturated rings. The molecule has 118 valence electrons. The van der Waals surface area contributed by atoms with Gasteiger partial charge in [-0.05, 0) is 31.4 Å². The first-order valence-corrected chi connectivity index (χ1v) is 7.59. The average Bonchev–Trinajstić information content (AvgIpc) is 2.76. The third-order valence-electron chi connectivity index (χ3n) is 3.89. The van der Waals surface area contributed by atoms with E-state index in [0.29, 0.717) is 37.7 Å². The molecule has 0 aromatic carbocycles. The van der Waals surface area contributed by atoms with Gasteiger partial charge in [0.15, 0.2) is 0 Å². The minimum absolute atomic E-state index is 0.00531. The molecule has 5 heteroatoms. The maximum Gasteiger partial charge on any atom is 0.356 e. The largest absolute Gasteiger partial charge is 0.461 e. The monoisotopic (exact) mass is 302 g/mol. The highest BCUT2D eigenvalue weighted by Gasteiger charge is 2.36. The van der Waals surface area contributed by atoms with Gasteiger partial charge in [-0.2, -0.15) is 0 Å². The molecule has 2 unspecified atom stereocenters. The van der Waals surface area contributed by atoms with Crippen LogP contribution in [0.4, 0.5) is 0 Å². The van der Waals surface area contributed by atoms with Gasteiger partial charge in [0.2, 0.25) is 5.91 Å². The number of amides is 1. The topological polar surface area (TPSA) is 59.5 Å². The van der Waals surface area contributed by atoms with Crippen molar-refractivity contribution < 1.29 is 14.3 Å². The Morgan fingerprint density at radius 3 is 3.00 bits per heavy atom. The SMILES string of the molecule is C=CCC1C(=O)N(Cc2cccc(C(=O)OCC)n2)CC1C. The number of likely N-dealkylation sites (tertiary alicyclic amines) is 1.